The van der Waals surface area contributed by atoms with Gasteiger partial charge >= 0.3 is 0 Å². The Hall–Kier alpha value is -2.17. The molecule has 3 nitrogen and oxygen atoms in total. The summed E-state index contributed by atoms with van der Waals surface area (Å²) >= 11 is 0. The van der Waals surface area contributed by atoms with Gasteiger partial charge in [0.25, 0.3) is 5.91 Å². The predicted octanol–water partition coefficient (Wildman–Crippen LogP) is 4.13. The molecule has 0 aliphatic rings. The lowest BCUT2D eigenvalue weighted by atomic mass is 10.1. The smallest absolute Gasteiger partial charge is 0.268 e. The molecule has 0 saturated carbocycles. The van der Waals surface area contributed by atoms with Crippen molar-refractivity contribution in [3.63, 3.8) is 0 Å². The zero-order valence-corrected chi connectivity index (χ0v) is 14.8. The van der Waals surface area contributed by atoms with Crippen molar-refractivity contribution in [2.24, 2.45) is 5.92 Å². The average Bonchev–Trinajstić information content (AvgIpc) is 2.73. The first-order chi connectivity index (χ1) is 11.2. The maximum atomic E-state index is 13.5. The number of nitrogens with zero attached hydrogens (tertiary/aromatic N) is 1. The second-order valence-corrected chi connectivity index (χ2v) is 6.62. The first-order valence-corrected chi connectivity index (χ1v) is 8.10. The Kier molecular flexibility index (Phi) is 5.42. The van der Waals surface area contributed by atoms with Gasteiger partial charge in [-0.2, -0.15) is 0 Å². The molecule has 5 heteroatoms. The second kappa shape index (κ2) is 7.16. The van der Waals surface area contributed by atoms with E-state index in [1.165, 1.54) is 6.07 Å². The molecule has 0 aliphatic carbocycles. The first kappa shape index (κ1) is 18.2. The molecule has 24 heavy (non-hydrogen) atoms. The van der Waals surface area contributed by atoms with E-state index < -0.39 is 11.6 Å². The van der Waals surface area contributed by atoms with Crippen molar-refractivity contribution in [1.82, 2.24) is 9.88 Å². The number of nitrogens with one attached hydrogen (secondary N) is 1. The van der Waals surface area contributed by atoms with Crippen LogP contribution in [0, 0.1) is 38.3 Å². The van der Waals surface area contributed by atoms with Gasteiger partial charge in [0.15, 0.2) is 11.6 Å². The normalized spacial score (nSPS) is 11.2. The van der Waals surface area contributed by atoms with Crippen LogP contribution in [0.25, 0.3) is 0 Å². The summed E-state index contributed by atoms with van der Waals surface area (Å²) in [5, 5.41) is 2.93. The number of amides is 1. The highest BCUT2D eigenvalue weighted by Crippen LogP contribution is 2.23. The molecule has 0 radical (unpaired) electrons. The van der Waals surface area contributed by atoms with Crippen LogP contribution in [0.4, 0.5) is 8.78 Å². The average molecular weight is 334 g/mol. The van der Waals surface area contributed by atoms with Crippen molar-refractivity contribution in [2.75, 3.05) is 6.54 Å². The van der Waals surface area contributed by atoms with E-state index in [1.807, 2.05) is 39.2 Å². The molecular formula is C19H24F2N2O. The molecule has 1 aromatic carbocycles. The maximum absolute atomic E-state index is 13.5. The molecule has 0 bridgehead atoms. The number of carbonyl (C=O) groups excluding carboxylic acids is 1. The van der Waals surface area contributed by atoms with E-state index in [2.05, 4.69) is 5.32 Å². The predicted molar refractivity (Wildman–Crippen MR) is 91.3 cm³/mol. The number of halogens is 2. The van der Waals surface area contributed by atoms with E-state index in [9.17, 15) is 13.6 Å². The van der Waals surface area contributed by atoms with E-state index in [1.54, 1.807) is 6.07 Å². The second-order valence-electron chi connectivity index (χ2n) is 6.62. The van der Waals surface area contributed by atoms with E-state index in [-0.39, 0.29) is 5.91 Å². The van der Waals surface area contributed by atoms with Crippen molar-refractivity contribution in [3.05, 3.63) is 57.9 Å². The number of hydrogen-bond acceptors (Lipinski definition) is 1. The lowest BCUT2D eigenvalue weighted by Gasteiger charge is -2.14. The molecule has 1 N–H and O–H groups in total. The summed E-state index contributed by atoms with van der Waals surface area (Å²) in [6, 6.07) is 3.83. The van der Waals surface area contributed by atoms with Gasteiger partial charge in [-0.05, 0) is 55.5 Å². The van der Waals surface area contributed by atoms with Crippen LogP contribution in [0.15, 0.2) is 18.2 Å². The Balaban J connectivity index is 2.39. The Morgan fingerprint density at radius 3 is 2.38 bits per heavy atom. The number of carbonyl (C=O) groups is 1. The number of hydrogen-bond donors (Lipinski definition) is 1. The quantitative estimate of drug-likeness (QED) is 0.876. The minimum Gasteiger partial charge on any atom is -0.350 e. The van der Waals surface area contributed by atoms with Gasteiger partial charge in [-0.1, -0.05) is 19.9 Å². The summed E-state index contributed by atoms with van der Waals surface area (Å²) in [5.74, 6) is -1.53. The molecule has 130 valence electrons. The minimum absolute atomic E-state index is 0.139. The number of aromatic nitrogens is 1. The monoisotopic (exact) mass is 334 g/mol. The Labute approximate surface area is 141 Å². The van der Waals surface area contributed by atoms with Crippen molar-refractivity contribution in [1.29, 1.82) is 0 Å². The maximum Gasteiger partial charge on any atom is 0.268 e. The van der Waals surface area contributed by atoms with E-state index in [0.29, 0.717) is 30.3 Å². The molecule has 0 aliphatic heterocycles. The van der Waals surface area contributed by atoms with Crippen LogP contribution in [-0.4, -0.2) is 17.0 Å². The van der Waals surface area contributed by atoms with Gasteiger partial charge < -0.3 is 9.88 Å². The minimum atomic E-state index is -0.878. The van der Waals surface area contributed by atoms with Gasteiger partial charge in [-0.3, -0.25) is 4.79 Å². The van der Waals surface area contributed by atoms with E-state index >= 15 is 0 Å². The third-order valence-corrected chi connectivity index (χ3v) is 4.35. The van der Waals surface area contributed by atoms with Crippen molar-refractivity contribution in [3.8, 4) is 0 Å². The lowest BCUT2D eigenvalue weighted by molar-refractivity contribution is 0.0939. The molecule has 0 unspecified atom stereocenters. The molecular weight excluding hydrogens is 310 g/mol. The topological polar surface area (TPSA) is 34.0 Å². The molecule has 0 atom stereocenters. The van der Waals surface area contributed by atoms with E-state index in [0.717, 1.165) is 22.9 Å². The fraction of sp³-hybridized carbons (Fsp3) is 0.421. The molecule has 0 fully saturated rings. The van der Waals surface area contributed by atoms with Crippen molar-refractivity contribution >= 4 is 5.91 Å². The standard InChI is InChI=1S/C19H24F2N2O/c1-11(2)9-22-19(24)18-13(4)12(3)14(5)23(18)10-15-6-7-16(20)17(21)8-15/h6-8,11H,9-10H2,1-5H3,(H,22,24). The zero-order valence-electron chi connectivity index (χ0n) is 14.8. The van der Waals surface area contributed by atoms with Gasteiger partial charge in [-0.15, -0.1) is 0 Å². The van der Waals surface area contributed by atoms with Gasteiger partial charge in [0.1, 0.15) is 5.69 Å². The summed E-state index contributed by atoms with van der Waals surface area (Å²) in [6.45, 7) is 10.8. The van der Waals surface area contributed by atoms with Crippen LogP contribution in [0.1, 0.15) is 46.7 Å². The van der Waals surface area contributed by atoms with Crippen LogP contribution >= 0.6 is 0 Å². The van der Waals surface area contributed by atoms with Crippen LogP contribution in [0.3, 0.4) is 0 Å². The number of rotatable bonds is 5. The molecule has 0 saturated heterocycles. The first-order valence-electron chi connectivity index (χ1n) is 8.10. The summed E-state index contributed by atoms with van der Waals surface area (Å²) in [6.07, 6.45) is 0. The van der Waals surface area contributed by atoms with Crippen LogP contribution in [0.2, 0.25) is 0 Å². The van der Waals surface area contributed by atoms with Gasteiger partial charge in [0.2, 0.25) is 0 Å². The molecule has 2 rings (SSSR count). The molecule has 1 aromatic heterocycles. The summed E-state index contributed by atoms with van der Waals surface area (Å²) in [4.78, 5) is 12.6. The fourth-order valence-corrected chi connectivity index (χ4v) is 2.71. The summed E-state index contributed by atoms with van der Waals surface area (Å²) < 4.78 is 28.5. The third-order valence-electron chi connectivity index (χ3n) is 4.35. The van der Waals surface area contributed by atoms with Crippen LogP contribution in [0.5, 0.6) is 0 Å². The molecule has 1 heterocycles. The van der Waals surface area contributed by atoms with Crippen LogP contribution < -0.4 is 5.32 Å². The van der Waals surface area contributed by atoms with Crippen molar-refractivity contribution in [2.45, 2.75) is 41.2 Å². The molecule has 2 aromatic rings. The highest BCUT2D eigenvalue weighted by molar-refractivity contribution is 5.95. The summed E-state index contributed by atoms with van der Waals surface area (Å²) in [5.41, 5.74) is 4.09. The largest absolute Gasteiger partial charge is 0.350 e. The molecule has 1 amide bonds. The Bertz CT molecular complexity index is 763. The zero-order chi connectivity index (χ0) is 18.0. The van der Waals surface area contributed by atoms with Crippen molar-refractivity contribution < 1.29 is 13.6 Å². The van der Waals surface area contributed by atoms with Gasteiger partial charge in [0, 0.05) is 18.8 Å². The van der Waals surface area contributed by atoms with Gasteiger partial charge in [0.05, 0.1) is 0 Å². The lowest BCUT2D eigenvalue weighted by Crippen LogP contribution is -2.30. The Morgan fingerprint density at radius 2 is 1.79 bits per heavy atom. The highest BCUT2D eigenvalue weighted by atomic mass is 19.2. The Morgan fingerprint density at radius 1 is 1.12 bits per heavy atom. The SMILES string of the molecule is Cc1c(C)c(C(=O)NCC(C)C)n(Cc2ccc(F)c(F)c2)c1C. The van der Waals surface area contributed by atoms with Crippen LogP contribution in [-0.2, 0) is 6.54 Å². The summed E-state index contributed by atoms with van der Waals surface area (Å²) in [7, 11) is 0. The third kappa shape index (κ3) is 3.66. The molecule has 0 spiro atoms. The van der Waals surface area contributed by atoms with Gasteiger partial charge in [-0.25, -0.2) is 8.78 Å². The fourth-order valence-electron chi connectivity index (χ4n) is 2.71. The van der Waals surface area contributed by atoms with E-state index in [4.69, 9.17) is 0 Å². The highest BCUT2D eigenvalue weighted by Gasteiger charge is 2.21. The number of benzene rings is 1.